The zero-order chi connectivity index (χ0) is 11.8. The maximum Gasteiger partial charge on any atom is 0.248 e. The van der Waals surface area contributed by atoms with Gasteiger partial charge in [0.2, 0.25) is 5.91 Å². The summed E-state index contributed by atoms with van der Waals surface area (Å²) in [7, 11) is 0. The van der Waals surface area contributed by atoms with Gasteiger partial charge in [-0.1, -0.05) is 13.8 Å². The lowest BCUT2D eigenvalue weighted by atomic mass is 10.2. The Morgan fingerprint density at radius 3 is 2.71 bits per heavy atom. The van der Waals surface area contributed by atoms with Crippen molar-refractivity contribution in [3.8, 4) is 0 Å². The van der Waals surface area contributed by atoms with Crippen molar-refractivity contribution in [1.29, 1.82) is 0 Å². The molecule has 5 heteroatoms. The number of carbonyl (C=O) groups excluding carboxylic acids is 1. The van der Waals surface area contributed by atoms with Gasteiger partial charge in [0, 0.05) is 25.7 Å². The van der Waals surface area contributed by atoms with Crippen LogP contribution in [0, 0.1) is 0 Å². The molecule has 1 saturated heterocycles. The molecule has 0 spiro atoms. The summed E-state index contributed by atoms with van der Waals surface area (Å²) < 4.78 is 5.32. The minimum atomic E-state index is 0. The van der Waals surface area contributed by atoms with Crippen molar-refractivity contribution in [2.45, 2.75) is 39.2 Å². The molecule has 0 aromatic carbocycles. The molecular formula is C12H25ClN2O2. The summed E-state index contributed by atoms with van der Waals surface area (Å²) in [5.41, 5.74) is 0. The zero-order valence-corrected chi connectivity index (χ0v) is 11.7. The number of amides is 1. The van der Waals surface area contributed by atoms with E-state index in [-0.39, 0.29) is 24.9 Å². The molecule has 0 aromatic rings. The van der Waals surface area contributed by atoms with E-state index >= 15 is 0 Å². The fourth-order valence-electron chi connectivity index (χ4n) is 2.04. The normalized spacial score (nSPS) is 18.8. The van der Waals surface area contributed by atoms with E-state index in [2.05, 4.69) is 19.2 Å². The van der Waals surface area contributed by atoms with E-state index in [4.69, 9.17) is 4.74 Å². The quantitative estimate of drug-likeness (QED) is 0.708. The Bertz CT molecular complexity index is 209. The van der Waals surface area contributed by atoms with Crippen LogP contribution >= 0.6 is 12.4 Å². The van der Waals surface area contributed by atoms with Gasteiger partial charge < -0.3 is 15.0 Å². The van der Waals surface area contributed by atoms with E-state index in [9.17, 15) is 4.79 Å². The first-order chi connectivity index (χ1) is 7.79. The fourth-order valence-corrected chi connectivity index (χ4v) is 2.04. The van der Waals surface area contributed by atoms with Crippen molar-refractivity contribution < 1.29 is 9.53 Å². The highest BCUT2D eigenvalue weighted by Gasteiger charge is 2.25. The molecule has 0 bridgehead atoms. The summed E-state index contributed by atoms with van der Waals surface area (Å²) >= 11 is 0. The van der Waals surface area contributed by atoms with Gasteiger partial charge in [-0.15, -0.1) is 12.4 Å². The molecule has 1 heterocycles. The molecule has 1 amide bonds. The zero-order valence-electron chi connectivity index (χ0n) is 10.9. The minimum Gasteiger partial charge on any atom is -0.372 e. The first-order valence-electron chi connectivity index (χ1n) is 6.37. The third-order valence-corrected chi connectivity index (χ3v) is 2.83. The van der Waals surface area contributed by atoms with Crippen molar-refractivity contribution >= 4 is 18.3 Å². The average Bonchev–Trinajstić information content (AvgIpc) is 2.79. The van der Waals surface area contributed by atoms with Crippen molar-refractivity contribution in [3.63, 3.8) is 0 Å². The van der Waals surface area contributed by atoms with E-state index in [1.54, 1.807) is 0 Å². The molecule has 1 N–H and O–H groups in total. The molecule has 1 aliphatic heterocycles. The van der Waals surface area contributed by atoms with Gasteiger partial charge in [0.05, 0.1) is 0 Å². The summed E-state index contributed by atoms with van der Waals surface area (Å²) in [4.78, 5) is 13.9. The third-order valence-electron chi connectivity index (χ3n) is 2.83. The predicted molar refractivity (Wildman–Crippen MR) is 71.6 cm³/mol. The number of halogens is 1. The second-order valence-electron chi connectivity index (χ2n) is 4.29. The smallest absolute Gasteiger partial charge is 0.248 e. The van der Waals surface area contributed by atoms with Gasteiger partial charge in [0.25, 0.3) is 0 Å². The third kappa shape index (κ3) is 5.70. The van der Waals surface area contributed by atoms with E-state index in [0.717, 1.165) is 38.9 Å². The van der Waals surface area contributed by atoms with Crippen LogP contribution in [-0.4, -0.2) is 49.7 Å². The van der Waals surface area contributed by atoms with Gasteiger partial charge in [-0.2, -0.15) is 0 Å². The van der Waals surface area contributed by atoms with Crippen molar-refractivity contribution in [2.24, 2.45) is 0 Å². The molecule has 0 saturated carbocycles. The molecule has 17 heavy (non-hydrogen) atoms. The van der Waals surface area contributed by atoms with Crippen LogP contribution < -0.4 is 5.32 Å². The van der Waals surface area contributed by atoms with Crippen LogP contribution in [0.1, 0.15) is 33.1 Å². The number of carbonyl (C=O) groups is 1. The lowest BCUT2D eigenvalue weighted by Gasteiger charge is -2.28. The average molecular weight is 265 g/mol. The Balaban J connectivity index is 0.00000256. The molecule has 1 rings (SSSR count). The highest BCUT2D eigenvalue weighted by atomic mass is 35.5. The van der Waals surface area contributed by atoms with Crippen LogP contribution in [-0.2, 0) is 9.53 Å². The molecular weight excluding hydrogens is 240 g/mol. The Kier molecular flexibility index (Phi) is 9.50. The second-order valence-corrected chi connectivity index (χ2v) is 4.29. The monoisotopic (exact) mass is 264 g/mol. The van der Waals surface area contributed by atoms with Gasteiger partial charge >= 0.3 is 0 Å². The highest BCUT2D eigenvalue weighted by molar-refractivity contribution is 5.85. The van der Waals surface area contributed by atoms with Gasteiger partial charge in [0.15, 0.2) is 0 Å². The number of rotatable bonds is 7. The molecule has 102 valence electrons. The van der Waals surface area contributed by atoms with E-state index < -0.39 is 0 Å². The van der Waals surface area contributed by atoms with Crippen LogP contribution in [0.2, 0.25) is 0 Å². The van der Waals surface area contributed by atoms with Crippen LogP contribution in [0.3, 0.4) is 0 Å². The van der Waals surface area contributed by atoms with Crippen LogP contribution in [0.5, 0.6) is 0 Å². The van der Waals surface area contributed by atoms with Gasteiger partial charge in [-0.25, -0.2) is 0 Å². The number of nitrogens with zero attached hydrogens (tertiary/aromatic N) is 1. The topological polar surface area (TPSA) is 41.6 Å². The first-order valence-corrected chi connectivity index (χ1v) is 6.37. The van der Waals surface area contributed by atoms with Gasteiger partial charge in [-0.3, -0.25) is 4.79 Å². The Hall–Kier alpha value is -0.320. The number of nitrogens with one attached hydrogen (secondary N) is 1. The van der Waals surface area contributed by atoms with Crippen molar-refractivity contribution in [3.05, 3.63) is 0 Å². The standard InChI is InChI=1S/C12H24N2O2.ClH/c1-3-7-14(11-5-6-13-9-11)12(15)10-16-8-4-2;/h11,13H,3-10H2,1-2H3;1H. The summed E-state index contributed by atoms with van der Waals surface area (Å²) in [6.07, 6.45) is 3.04. The minimum absolute atomic E-state index is 0. The summed E-state index contributed by atoms with van der Waals surface area (Å²) in [5, 5.41) is 3.30. The fraction of sp³-hybridized carbons (Fsp3) is 0.917. The Morgan fingerprint density at radius 1 is 1.41 bits per heavy atom. The molecule has 1 fully saturated rings. The molecule has 1 unspecified atom stereocenters. The molecule has 0 aliphatic carbocycles. The SMILES string of the molecule is CCCOCC(=O)N(CCC)C1CCNC1.Cl. The Morgan fingerprint density at radius 2 is 2.18 bits per heavy atom. The number of hydrogen-bond acceptors (Lipinski definition) is 3. The summed E-state index contributed by atoms with van der Waals surface area (Å²) in [6, 6.07) is 0.373. The van der Waals surface area contributed by atoms with E-state index in [0.29, 0.717) is 12.6 Å². The molecule has 0 radical (unpaired) electrons. The molecule has 1 aliphatic rings. The van der Waals surface area contributed by atoms with Crippen LogP contribution in [0.25, 0.3) is 0 Å². The van der Waals surface area contributed by atoms with E-state index in [1.807, 2.05) is 4.90 Å². The van der Waals surface area contributed by atoms with Crippen molar-refractivity contribution in [2.75, 3.05) is 32.8 Å². The van der Waals surface area contributed by atoms with Crippen LogP contribution in [0.4, 0.5) is 0 Å². The lowest BCUT2D eigenvalue weighted by Crippen LogP contribution is -2.43. The largest absolute Gasteiger partial charge is 0.372 e. The maximum atomic E-state index is 12.0. The highest BCUT2D eigenvalue weighted by Crippen LogP contribution is 2.09. The Labute approximate surface area is 110 Å². The second kappa shape index (κ2) is 9.68. The summed E-state index contributed by atoms with van der Waals surface area (Å²) in [5.74, 6) is 0.143. The van der Waals surface area contributed by atoms with Crippen LogP contribution in [0.15, 0.2) is 0 Å². The number of hydrogen-bond donors (Lipinski definition) is 1. The molecule has 4 nitrogen and oxygen atoms in total. The van der Waals surface area contributed by atoms with Gasteiger partial charge in [-0.05, 0) is 25.8 Å². The lowest BCUT2D eigenvalue weighted by molar-refractivity contribution is -0.138. The predicted octanol–water partition coefficient (Wildman–Crippen LogP) is 1.44. The summed E-state index contributed by atoms with van der Waals surface area (Å²) in [6.45, 7) is 7.87. The van der Waals surface area contributed by atoms with E-state index in [1.165, 1.54) is 0 Å². The molecule has 1 atom stereocenters. The maximum absolute atomic E-state index is 12.0. The molecule has 0 aromatic heterocycles. The van der Waals surface area contributed by atoms with Crippen molar-refractivity contribution in [1.82, 2.24) is 10.2 Å². The number of ether oxygens (including phenoxy) is 1. The first kappa shape index (κ1) is 16.7. The van der Waals surface area contributed by atoms with Gasteiger partial charge in [0.1, 0.15) is 6.61 Å².